The molecule has 0 radical (unpaired) electrons. The second-order valence-electron chi connectivity index (χ2n) is 8.23. The third-order valence-corrected chi connectivity index (χ3v) is 6.94. The highest BCUT2D eigenvalue weighted by Gasteiger charge is 2.29. The summed E-state index contributed by atoms with van der Waals surface area (Å²) in [5.41, 5.74) is 4.31. The number of aryl methyl sites for hydroxylation is 1. The van der Waals surface area contributed by atoms with Crippen LogP contribution in [0.25, 0.3) is 0 Å². The van der Waals surface area contributed by atoms with Gasteiger partial charge in [-0.05, 0) is 61.6 Å². The summed E-state index contributed by atoms with van der Waals surface area (Å²) >= 11 is 1.27. The molecule has 38 heavy (non-hydrogen) atoms. The second-order valence-corrected chi connectivity index (χ2v) is 9.33. The number of ether oxygens (including phenoxy) is 3. The number of hydrazone groups is 1. The molecule has 3 aromatic rings. The van der Waals surface area contributed by atoms with Crippen LogP contribution in [-0.4, -0.2) is 37.7 Å². The number of esters is 1. The van der Waals surface area contributed by atoms with E-state index < -0.39 is 17.8 Å². The Morgan fingerprint density at radius 3 is 2.66 bits per heavy atom. The van der Waals surface area contributed by atoms with Crippen LogP contribution in [0.1, 0.15) is 45.3 Å². The van der Waals surface area contributed by atoms with E-state index in [-0.39, 0.29) is 17.4 Å². The lowest BCUT2D eigenvalue weighted by Crippen LogP contribution is -2.32. The zero-order chi connectivity index (χ0) is 27.1. The topological polar surface area (TPSA) is 115 Å². The maximum Gasteiger partial charge on any atom is 0.341 e. The van der Waals surface area contributed by atoms with Crippen molar-refractivity contribution in [3.8, 4) is 11.5 Å². The third-order valence-electron chi connectivity index (χ3n) is 5.73. The van der Waals surface area contributed by atoms with E-state index in [9.17, 15) is 18.8 Å². The van der Waals surface area contributed by atoms with E-state index in [2.05, 4.69) is 15.8 Å². The molecule has 0 fully saturated rings. The quantitative estimate of drug-likeness (QED) is 0.182. The molecule has 1 aliphatic rings. The van der Waals surface area contributed by atoms with Gasteiger partial charge >= 0.3 is 17.8 Å². The predicted molar refractivity (Wildman–Crippen MR) is 140 cm³/mol. The Morgan fingerprint density at radius 1 is 1.08 bits per heavy atom. The van der Waals surface area contributed by atoms with Crippen LogP contribution >= 0.6 is 11.3 Å². The first kappa shape index (κ1) is 26.8. The van der Waals surface area contributed by atoms with E-state index in [1.54, 1.807) is 36.4 Å². The van der Waals surface area contributed by atoms with Crippen LogP contribution in [0.3, 0.4) is 0 Å². The van der Waals surface area contributed by atoms with Crippen molar-refractivity contribution in [1.82, 2.24) is 5.43 Å². The van der Waals surface area contributed by atoms with Gasteiger partial charge in [0.15, 0.2) is 11.5 Å². The Hall–Kier alpha value is -4.25. The van der Waals surface area contributed by atoms with Crippen molar-refractivity contribution < 1.29 is 33.0 Å². The van der Waals surface area contributed by atoms with E-state index in [0.717, 1.165) is 29.7 Å². The number of nitrogens with one attached hydrogen (secondary N) is 2. The zero-order valence-electron chi connectivity index (χ0n) is 20.8. The Balaban J connectivity index is 1.38. The fourth-order valence-corrected chi connectivity index (χ4v) is 5.22. The van der Waals surface area contributed by atoms with Crippen molar-refractivity contribution in [2.45, 2.75) is 32.8 Å². The van der Waals surface area contributed by atoms with Gasteiger partial charge in [0.05, 0.1) is 25.5 Å². The molecule has 0 atom stereocenters. The molecule has 198 valence electrons. The van der Waals surface area contributed by atoms with Crippen LogP contribution in [-0.2, 0) is 33.8 Å². The molecular formula is C27H26FN3O6S. The lowest BCUT2D eigenvalue weighted by molar-refractivity contribution is -0.136. The van der Waals surface area contributed by atoms with Gasteiger partial charge in [0.1, 0.15) is 17.4 Å². The molecule has 2 aromatic carbocycles. The van der Waals surface area contributed by atoms with Crippen molar-refractivity contribution in [3.63, 3.8) is 0 Å². The number of halogens is 1. The molecule has 0 saturated carbocycles. The Labute approximate surface area is 222 Å². The van der Waals surface area contributed by atoms with E-state index in [4.69, 9.17) is 14.2 Å². The molecule has 4 rings (SSSR count). The summed E-state index contributed by atoms with van der Waals surface area (Å²) in [5, 5.41) is 6.63. The number of carbonyl (C=O) groups is 3. The highest BCUT2D eigenvalue weighted by molar-refractivity contribution is 7.17. The van der Waals surface area contributed by atoms with Crippen LogP contribution in [0, 0.1) is 5.82 Å². The lowest BCUT2D eigenvalue weighted by atomic mass is 10.1. The van der Waals surface area contributed by atoms with Gasteiger partial charge in [0.2, 0.25) is 0 Å². The Bertz CT molecular complexity index is 1390. The molecule has 1 aromatic heterocycles. The number of methoxy groups -OCH3 is 1. The monoisotopic (exact) mass is 539 g/mol. The average Bonchev–Trinajstić information content (AvgIpc) is 3.49. The number of carbonyl (C=O) groups excluding carboxylic acids is 3. The number of rotatable bonds is 9. The molecule has 2 N–H and O–H groups in total. The standard InChI is InChI=1S/C27H26FN3O6S/c1-3-36-21-13-16(11-12-20(21)37-15-17-7-4-5-9-19(17)28)14-29-31-25(33)24(32)30-26-23(27(34)35-2)18-8-6-10-22(18)38-26/h4-5,7,9,11-14H,3,6,8,10,15H2,1-2H3,(H,30,32)(H,31,33)/b29-14+. The van der Waals surface area contributed by atoms with Gasteiger partial charge in [-0.3, -0.25) is 9.59 Å². The number of amides is 2. The number of nitrogens with zero attached hydrogens (tertiary/aromatic N) is 1. The van der Waals surface area contributed by atoms with E-state index >= 15 is 0 Å². The van der Waals surface area contributed by atoms with Crippen LogP contribution in [0.4, 0.5) is 9.39 Å². The number of anilines is 1. The predicted octanol–water partition coefficient (Wildman–Crippen LogP) is 4.23. The maximum atomic E-state index is 13.9. The van der Waals surface area contributed by atoms with Crippen molar-refractivity contribution in [2.75, 3.05) is 19.0 Å². The zero-order valence-corrected chi connectivity index (χ0v) is 21.7. The van der Waals surface area contributed by atoms with Gasteiger partial charge in [0, 0.05) is 10.4 Å². The molecule has 9 nitrogen and oxygen atoms in total. The van der Waals surface area contributed by atoms with Gasteiger partial charge in [-0.2, -0.15) is 5.10 Å². The van der Waals surface area contributed by atoms with Gasteiger partial charge < -0.3 is 19.5 Å². The molecule has 0 spiro atoms. The summed E-state index contributed by atoms with van der Waals surface area (Å²) in [5.74, 6) is -2.04. The fourth-order valence-electron chi connectivity index (χ4n) is 3.95. The summed E-state index contributed by atoms with van der Waals surface area (Å²) in [6.45, 7) is 2.21. The normalized spacial score (nSPS) is 12.2. The second kappa shape index (κ2) is 12.3. The van der Waals surface area contributed by atoms with E-state index in [1.165, 1.54) is 30.7 Å². The molecule has 1 heterocycles. The van der Waals surface area contributed by atoms with Gasteiger partial charge in [-0.15, -0.1) is 11.3 Å². The summed E-state index contributed by atoms with van der Waals surface area (Å²) < 4.78 is 30.1. The first-order valence-electron chi connectivity index (χ1n) is 11.9. The van der Waals surface area contributed by atoms with Crippen LogP contribution in [0.2, 0.25) is 0 Å². The minimum Gasteiger partial charge on any atom is -0.490 e. The van der Waals surface area contributed by atoms with Crippen molar-refractivity contribution in [2.24, 2.45) is 5.10 Å². The highest BCUT2D eigenvalue weighted by Crippen LogP contribution is 2.39. The summed E-state index contributed by atoms with van der Waals surface area (Å²) in [4.78, 5) is 38.0. The molecule has 2 amide bonds. The molecule has 11 heteroatoms. The average molecular weight is 540 g/mol. The summed E-state index contributed by atoms with van der Waals surface area (Å²) in [6, 6.07) is 11.3. The molecular weight excluding hydrogens is 513 g/mol. The minimum absolute atomic E-state index is 0.0241. The highest BCUT2D eigenvalue weighted by atomic mass is 32.1. The molecule has 0 unspecified atom stereocenters. The third kappa shape index (κ3) is 6.17. The van der Waals surface area contributed by atoms with Crippen molar-refractivity contribution >= 4 is 40.3 Å². The first-order valence-corrected chi connectivity index (χ1v) is 12.7. The summed E-state index contributed by atoms with van der Waals surface area (Å²) in [7, 11) is 1.27. The molecule has 1 aliphatic carbocycles. The SMILES string of the molecule is CCOc1cc(/C=N/NC(=O)C(=O)Nc2sc3c(c2C(=O)OC)CCC3)ccc1OCc1ccccc1F. The molecule has 0 aliphatic heterocycles. The number of benzene rings is 2. The first-order chi connectivity index (χ1) is 18.4. The van der Waals surface area contributed by atoms with Gasteiger partial charge in [0.25, 0.3) is 0 Å². The summed E-state index contributed by atoms with van der Waals surface area (Å²) in [6.07, 6.45) is 3.80. The lowest BCUT2D eigenvalue weighted by Gasteiger charge is -2.13. The number of fused-ring (bicyclic) bond motifs is 1. The number of hydrogen-bond acceptors (Lipinski definition) is 8. The van der Waals surface area contributed by atoms with Crippen LogP contribution in [0.5, 0.6) is 11.5 Å². The fraction of sp³-hybridized carbons (Fsp3) is 0.259. The Morgan fingerprint density at radius 2 is 1.89 bits per heavy atom. The minimum atomic E-state index is -1.000. The molecule has 0 bridgehead atoms. The van der Waals surface area contributed by atoms with Crippen LogP contribution in [0.15, 0.2) is 47.6 Å². The van der Waals surface area contributed by atoms with Crippen molar-refractivity contribution in [1.29, 1.82) is 0 Å². The van der Waals surface area contributed by atoms with E-state index in [1.807, 2.05) is 6.92 Å². The van der Waals surface area contributed by atoms with Crippen LogP contribution < -0.4 is 20.2 Å². The molecule has 0 saturated heterocycles. The smallest absolute Gasteiger partial charge is 0.341 e. The van der Waals surface area contributed by atoms with Gasteiger partial charge in [-0.25, -0.2) is 14.6 Å². The van der Waals surface area contributed by atoms with Gasteiger partial charge in [-0.1, -0.05) is 18.2 Å². The number of thiophene rings is 1. The Kier molecular flexibility index (Phi) is 8.70. The maximum absolute atomic E-state index is 13.9. The number of hydrogen-bond donors (Lipinski definition) is 2. The van der Waals surface area contributed by atoms with E-state index in [0.29, 0.717) is 34.8 Å². The largest absolute Gasteiger partial charge is 0.490 e. The van der Waals surface area contributed by atoms with Crippen molar-refractivity contribution in [3.05, 3.63) is 75.4 Å².